The fourth-order valence-electron chi connectivity index (χ4n) is 0.146. The van der Waals surface area contributed by atoms with E-state index in [2.05, 4.69) is 15.2 Å². The zero-order valence-electron chi connectivity index (χ0n) is 4.51. The van der Waals surface area contributed by atoms with Crippen molar-refractivity contribution in [2.75, 3.05) is 12.9 Å². The summed E-state index contributed by atoms with van der Waals surface area (Å²) >= 11 is 0.976. The van der Waals surface area contributed by atoms with E-state index in [9.17, 15) is 4.79 Å². The standard InChI is InChI=1S/C3H8N2O2S/c1-5-2-8-7-3(4)6/h5H,2H2,1H3,(H2,4,6). The highest BCUT2D eigenvalue weighted by molar-refractivity contribution is 7.94. The van der Waals surface area contributed by atoms with Gasteiger partial charge in [0.25, 0.3) is 0 Å². The number of nitrogens with two attached hydrogens (primary N) is 1. The lowest BCUT2D eigenvalue weighted by molar-refractivity contribution is 0.218. The van der Waals surface area contributed by atoms with E-state index >= 15 is 0 Å². The van der Waals surface area contributed by atoms with Crippen LogP contribution in [0.4, 0.5) is 4.79 Å². The highest BCUT2D eigenvalue weighted by Gasteiger charge is 1.90. The Bertz CT molecular complexity index is 77.7. The molecule has 1 amide bonds. The van der Waals surface area contributed by atoms with Crippen molar-refractivity contribution in [3.05, 3.63) is 0 Å². The van der Waals surface area contributed by atoms with Gasteiger partial charge in [0.1, 0.15) is 0 Å². The summed E-state index contributed by atoms with van der Waals surface area (Å²) in [5.74, 6) is 0.558. The molecule has 0 heterocycles. The molecule has 0 aromatic heterocycles. The molecule has 48 valence electrons. The van der Waals surface area contributed by atoms with Crippen LogP contribution >= 0.6 is 12.0 Å². The van der Waals surface area contributed by atoms with E-state index in [-0.39, 0.29) is 0 Å². The Labute approximate surface area is 52.0 Å². The third-order valence-electron chi connectivity index (χ3n) is 0.344. The number of hydrogen-bond acceptors (Lipinski definition) is 4. The Morgan fingerprint density at radius 2 is 2.62 bits per heavy atom. The van der Waals surface area contributed by atoms with Crippen molar-refractivity contribution in [1.29, 1.82) is 0 Å². The van der Waals surface area contributed by atoms with Crippen molar-refractivity contribution in [1.82, 2.24) is 5.32 Å². The van der Waals surface area contributed by atoms with Crippen molar-refractivity contribution in [3.8, 4) is 0 Å². The molecule has 8 heavy (non-hydrogen) atoms. The molecular formula is C3H8N2O2S. The minimum atomic E-state index is -0.759. The van der Waals surface area contributed by atoms with Gasteiger partial charge in [0.15, 0.2) is 0 Å². The van der Waals surface area contributed by atoms with Crippen LogP contribution in [0, 0.1) is 0 Å². The van der Waals surface area contributed by atoms with Crippen LogP contribution in [0.1, 0.15) is 0 Å². The Balaban J connectivity index is 2.82. The Morgan fingerprint density at radius 3 is 3.00 bits per heavy atom. The zero-order valence-corrected chi connectivity index (χ0v) is 5.33. The highest BCUT2D eigenvalue weighted by Crippen LogP contribution is 1.96. The smallest absolute Gasteiger partial charge is 0.374 e. The van der Waals surface area contributed by atoms with Gasteiger partial charge in [-0.15, -0.1) is 0 Å². The number of hydrogen-bond donors (Lipinski definition) is 2. The predicted molar refractivity (Wildman–Crippen MR) is 32.2 cm³/mol. The first-order chi connectivity index (χ1) is 3.77. The Kier molecular flexibility index (Phi) is 4.48. The van der Waals surface area contributed by atoms with Crippen molar-refractivity contribution in [3.63, 3.8) is 0 Å². The average Bonchev–Trinajstić information content (AvgIpc) is 1.66. The lowest BCUT2D eigenvalue weighted by Gasteiger charge is -1.94. The topological polar surface area (TPSA) is 64.3 Å². The first kappa shape index (κ1) is 7.58. The van der Waals surface area contributed by atoms with Crippen LogP contribution in [0.25, 0.3) is 0 Å². The number of rotatable bonds is 3. The summed E-state index contributed by atoms with van der Waals surface area (Å²) in [6.07, 6.45) is -0.759. The summed E-state index contributed by atoms with van der Waals surface area (Å²) < 4.78 is 4.28. The number of carbonyl (C=O) groups excluding carboxylic acids is 1. The first-order valence-corrected chi connectivity index (χ1v) is 2.92. The third-order valence-corrected chi connectivity index (χ3v) is 1.03. The quantitative estimate of drug-likeness (QED) is 0.323. The second-order valence-corrected chi connectivity index (χ2v) is 1.71. The molecular weight excluding hydrogens is 128 g/mol. The van der Waals surface area contributed by atoms with Crippen LogP contribution in [0.2, 0.25) is 0 Å². The van der Waals surface area contributed by atoms with Gasteiger partial charge in [-0.1, -0.05) is 0 Å². The van der Waals surface area contributed by atoms with Crippen molar-refractivity contribution < 1.29 is 8.98 Å². The monoisotopic (exact) mass is 136 g/mol. The Morgan fingerprint density at radius 1 is 2.00 bits per heavy atom. The van der Waals surface area contributed by atoms with Gasteiger partial charge >= 0.3 is 6.09 Å². The molecule has 0 spiro atoms. The van der Waals surface area contributed by atoms with Gasteiger partial charge in [-0.2, -0.15) is 0 Å². The predicted octanol–water partition coefficient (Wildman–Crippen LogP) is -0.0932. The van der Waals surface area contributed by atoms with E-state index in [1.54, 1.807) is 7.05 Å². The van der Waals surface area contributed by atoms with Gasteiger partial charge in [-0.3, -0.25) is 0 Å². The van der Waals surface area contributed by atoms with Crippen LogP contribution in [0.3, 0.4) is 0 Å². The van der Waals surface area contributed by atoms with E-state index in [0.717, 1.165) is 12.0 Å². The molecule has 0 rings (SSSR count). The molecule has 5 heteroatoms. The molecule has 0 radical (unpaired) electrons. The summed E-state index contributed by atoms with van der Waals surface area (Å²) in [5.41, 5.74) is 4.62. The lowest BCUT2D eigenvalue weighted by Crippen LogP contribution is -2.11. The molecule has 0 unspecified atom stereocenters. The van der Waals surface area contributed by atoms with Crippen LogP contribution in [0.5, 0.6) is 0 Å². The van der Waals surface area contributed by atoms with E-state index in [1.165, 1.54) is 0 Å². The average molecular weight is 136 g/mol. The number of amides is 1. The molecule has 0 aliphatic rings. The summed E-state index contributed by atoms with van der Waals surface area (Å²) in [7, 11) is 1.75. The minimum absolute atomic E-state index is 0.558. The first-order valence-electron chi connectivity index (χ1n) is 2.01. The zero-order chi connectivity index (χ0) is 6.41. The van der Waals surface area contributed by atoms with Crippen molar-refractivity contribution in [2.45, 2.75) is 0 Å². The maximum absolute atomic E-state index is 9.83. The van der Waals surface area contributed by atoms with Crippen LogP contribution < -0.4 is 11.1 Å². The van der Waals surface area contributed by atoms with E-state index < -0.39 is 6.09 Å². The molecule has 3 N–H and O–H groups in total. The molecule has 0 saturated heterocycles. The van der Waals surface area contributed by atoms with E-state index in [4.69, 9.17) is 0 Å². The summed E-state index contributed by atoms with van der Waals surface area (Å²) in [5, 5.41) is 2.75. The molecule has 0 bridgehead atoms. The Hall–Kier alpha value is -0.420. The maximum atomic E-state index is 9.83. The van der Waals surface area contributed by atoms with Gasteiger partial charge in [0.2, 0.25) is 0 Å². The van der Waals surface area contributed by atoms with Gasteiger partial charge in [-0.05, 0) is 7.05 Å². The molecule has 0 aromatic carbocycles. The summed E-state index contributed by atoms with van der Waals surface area (Å²) in [4.78, 5) is 9.83. The molecule has 0 fully saturated rings. The largest absolute Gasteiger partial charge is 0.416 e. The van der Waals surface area contributed by atoms with Crippen molar-refractivity contribution >= 4 is 18.1 Å². The van der Waals surface area contributed by atoms with Crippen LogP contribution in [-0.4, -0.2) is 19.0 Å². The second-order valence-electron chi connectivity index (χ2n) is 1.02. The fraction of sp³-hybridized carbons (Fsp3) is 0.667. The summed E-state index contributed by atoms with van der Waals surface area (Å²) in [6.45, 7) is 0. The molecule has 0 atom stereocenters. The molecule has 0 saturated carbocycles. The van der Waals surface area contributed by atoms with Crippen LogP contribution in [-0.2, 0) is 4.18 Å². The van der Waals surface area contributed by atoms with Gasteiger partial charge < -0.3 is 15.2 Å². The van der Waals surface area contributed by atoms with E-state index in [1.807, 2.05) is 0 Å². The highest BCUT2D eigenvalue weighted by atomic mass is 32.2. The molecule has 4 nitrogen and oxygen atoms in total. The van der Waals surface area contributed by atoms with E-state index in [0.29, 0.717) is 5.88 Å². The normalized spacial score (nSPS) is 8.62. The van der Waals surface area contributed by atoms with Crippen LogP contribution in [0.15, 0.2) is 0 Å². The summed E-state index contributed by atoms with van der Waals surface area (Å²) in [6, 6.07) is 0. The second kappa shape index (κ2) is 4.73. The maximum Gasteiger partial charge on any atom is 0.416 e. The molecule has 0 aliphatic heterocycles. The van der Waals surface area contributed by atoms with Gasteiger partial charge in [0, 0.05) is 0 Å². The molecule has 0 aromatic rings. The lowest BCUT2D eigenvalue weighted by atomic mass is 11.3. The fourth-order valence-corrected chi connectivity index (χ4v) is 0.439. The van der Waals surface area contributed by atoms with Gasteiger partial charge in [-0.25, -0.2) is 4.79 Å². The SMILES string of the molecule is CNCSOC(N)=O. The van der Waals surface area contributed by atoms with Crippen molar-refractivity contribution in [2.24, 2.45) is 5.73 Å². The number of nitrogens with one attached hydrogen (secondary N) is 1. The third kappa shape index (κ3) is 5.58. The number of primary amides is 1. The van der Waals surface area contributed by atoms with Gasteiger partial charge in [0.05, 0.1) is 17.9 Å². The minimum Gasteiger partial charge on any atom is -0.374 e. The number of carbonyl (C=O) groups is 1. The molecule has 0 aliphatic carbocycles.